The van der Waals surface area contributed by atoms with Crippen LogP contribution in [-0.2, 0) is 17.6 Å². The highest BCUT2D eigenvalue weighted by Gasteiger charge is 2.19. The van der Waals surface area contributed by atoms with Crippen molar-refractivity contribution < 1.29 is 4.79 Å². The van der Waals surface area contributed by atoms with Crippen molar-refractivity contribution in [1.29, 1.82) is 5.26 Å². The number of aryl methyl sites for hydroxylation is 1. The number of anilines is 1. The third kappa shape index (κ3) is 3.95. The molecule has 0 aliphatic heterocycles. The van der Waals surface area contributed by atoms with Crippen LogP contribution in [0.5, 0.6) is 0 Å². The first-order valence-electron chi connectivity index (χ1n) is 8.06. The molecule has 1 aromatic heterocycles. The van der Waals surface area contributed by atoms with Crippen molar-refractivity contribution in [2.24, 2.45) is 5.92 Å². The maximum atomic E-state index is 12.1. The van der Waals surface area contributed by atoms with E-state index in [1.54, 1.807) is 0 Å². The Labute approximate surface area is 146 Å². The average Bonchev–Trinajstić information content (AvgIpc) is 2.60. The number of nitrogens with one attached hydrogen (secondary N) is 1. The molecule has 0 radical (unpaired) electrons. The second kappa shape index (κ2) is 7.50. The maximum Gasteiger partial charge on any atom is 0.234 e. The Bertz CT molecular complexity index is 783. The molecule has 1 aromatic carbocycles. The van der Waals surface area contributed by atoms with Gasteiger partial charge in [0.15, 0.2) is 0 Å². The zero-order chi connectivity index (χ0) is 16.9. The van der Waals surface area contributed by atoms with Gasteiger partial charge in [0.25, 0.3) is 0 Å². The van der Waals surface area contributed by atoms with Crippen LogP contribution in [0.3, 0.4) is 0 Å². The average molecular weight is 337 g/mol. The first kappa shape index (κ1) is 16.5. The van der Waals surface area contributed by atoms with E-state index in [0.717, 1.165) is 30.6 Å². The van der Waals surface area contributed by atoms with Crippen molar-refractivity contribution in [2.45, 2.75) is 31.2 Å². The van der Waals surface area contributed by atoms with Gasteiger partial charge in [0, 0.05) is 11.4 Å². The van der Waals surface area contributed by atoms with Gasteiger partial charge in [-0.2, -0.15) is 5.26 Å². The monoisotopic (exact) mass is 337 g/mol. The molecule has 1 N–H and O–H groups in total. The molecule has 0 bridgehead atoms. The summed E-state index contributed by atoms with van der Waals surface area (Å²) >= 11 is 1.33. The van der Waals surface area contributed by atoms with E-state index in [2.05, 4.69) is 23.3 Å². The van der Waals surface area contributed by atoms with Crippen molar-refractivity contribution >= 4 is 23.4 Å². The van der Waals surface area contributed by atoms with Crippen LogP contribution < -0.4 is 5.32 Å². The van der Waals surface area contributed by atoms with E-state index in [4.69, 9.17) is 0 Å². The molecule has 3 rings (SSSR count). The second-order valence-corrected chi connectivity index (χ2v) is 7.07. The molecule has 1 atom stereocenters. The van der Waals surface area contributed by atoms with Crippen LogP contribution >= 0.6 is 11.8 Å². The number of benzene rings is 1. The van der Waals surface area contributed by atoms with Gasteiger partial charge >= 0.3 is 0 Å². The molecule has 0 spiro atoms. The summed E-state index contributed by atoms with van der Waals surface area (Å²) in [5.74, 6) is 0.787. The SMILES string of the molecule is C[C@H]1CCc2nc(SCC(=O)Nc3ccccc3)c(C#N)cc2C1. The number of amides is 1. The molecular weight excluding hydrogens is 318 g/mol. The molecule has 0 fully saturated rings. The maximum absolute atomic E-state index is 12.1. The predicted octanol–water partition coefficient (Wildman–Crippen LogP) is 3.81. The van der Waals surface area contributed by atoms with Crippen molar-refractivity contribution in [3.63, 3.8) is 0 Å². The standard InChI is InChI=1S/C19H19N3OS/c1-13-7-8-17-14(9-13)10-15(11-20)19(22-17)24-12-18(23)21-16-5-3-2-4-6-16/h2-6,10,13H,7-9,12H2,1H3,(H,21,23)/t13-/m0/s1. The van der Waals surface area contributed by atoms with E-state index in [1.807, 2.05) is 36.4 Å². The molecule has 0 saturated carbocycles. The van der Waals surface area contributed by atoms with Crippen LogP contribution in [0.1, 0.15) is 30.2 Å². The topological polar surface area (TPSA) is 65.8 Å². The number of hydrogen-bond donors (Lipinski definition) is 1. The molecular formula is C19H19N3OS. The Balaban J connectivity index is 1.69. The fourth-order valence-corrected chi connectivity index (χ4v) is 3.65. The van der Waals surface area contributed by atoms with Crippen molar-refractivity contribution in [2.75, 3.05) is 11.1 Å². The summed E-state index contributed by atoms with van der Waals surface area (Å²) in [6, 6.07) is 13.5. The van der Waals surface area contributed by atoms with Crippen LogP contribution in [0.2, 0.25) is 0 Å². The van der Waals surface area contributed by atoms with E-state index in [-0.39, 0.29) is 11.7 Å². The van der Waals surface area contributed by atoms with Crippen LogP contribution in [0.15, 0.2) is 41.4 Å². The lowest BCUT2D eigenvalue weighted by molar-refractivity contribution is -0.113. The van der Waals surface area contributed by atoms with E-state index in [9.17, 15) is 10.1 Å². The summed E-state index contributed by atoms with van der Waals surface area (Å²) < 4.78 is 0. The Morgan fingerprint density at radius 3 is 2.96 bits per heavy atom. The largest absolute Gasteiger partial charge is 0.325 e. The summed E-state index contributed by atoms with van der Waals surface area (Å²) in [7, 11) is 0. The zero-order valence-electron chi connectivity index (χ0n) is 13.6. The Morgan fingerprint density at radius 2 is 2.21 bits per heavy atom. The van der Waals surface area contributed by atoms with Gasteiger partial charge in [-0.3, -0.25) is 4.79 Å². The fourth-order valence-electron chi connectivity index (χ4n) is 2.87. The molecule has 1 heterocycles. The number of carbonyl (C=O) groups excluding carboxylic acids is 1. The first-order valence-corrected chi connectivity index (χ1v) is 9.05. The van der Waals surface area contributed by atoms with Gasteiger partial charge in [0.1, 0.15) is 11.1 Å². The van der Waals surface area contributed by atoms with Gasteiger partial charge in [-0.15, -0.1) is 0 Å². The summed E-state index contributed by atoms with van der Waals surface area (Å²) in [4.78, 5) is 16.7. The smallest absolute Gasteiger partial charge is 0.234 e. The highest BCUT2D eigenvalue weighted by molar-refractivity contribution is 8.00. The van der Waals surface area contributed by atoms with Crippen molar-refractivity contribution in [3.8, 4) is 6.07 Å². The number of para-hydroxylation sites is 1. The lowest BCUT2D eigenvalue weighted by Crippen LogP contribution is -2.16. The molecule has 4 nitrogen and oxygen atoms in total. The first-order chi connectivity index (χ1) is 11.7. The molecule has 1 aliphatic carbocycles. The molecule has 122 valence electrons. The molecule has 24 heavy (non-hydrogen) atoms. The fraction of sp³-hybridized carbons (Fsp3) is 0.316. The molecule has 5 heteroatoms. The van der Waals surface area contributed by atoms with Gasteiger partial charge < -0.3 is 5.32 Å². The van der Waals surface area contributed by atoms with Crippen LogP contribution in [0, 0.1) is 17.2 Å². The quantitative estimate of drug-likeness (QED) is 0.862. The lowest BCUT2D eigenvalue weighted by atomic mass is 9.87. The predicted molar refractivity (Wildman–Crippen MR) is 95.9 cm³/mol. The highest BCUT2D eigenvalue weighted by Crippen LogP contribution is 2.29. The number of thioether (sulfide) groups is 1. The summed E-state index contributed by atoms with van der Waals surface area (Å²) in [5.41, 5.74) is 3.61. The third-order valence-corrected chi connectivity index (χ3v) is 5.11. The Morgan fingerprint density at radius 1 is 1.42 bits per heavy atom. The van der Waals surface area contributed by atoms with Gasteiger partial charge in [0.05, 0.1) is 11.3 Å². The molecule has 1 amide bonds. The minimum atomic E-state index is -0.0942. The number of hydrogen-bond acceptors (Lipinski definition) is 4. The van der Waals surface area contributed by atoms with Gasteiger partial charge in [-0.05, 0) is 48.9 Å². The van der Waals surface area contributed by atoms with E-state index in [0.29, 0.717) is 16.5 Å². The summed E-state index contributed by atoms with van der Waals surface area (Å²) in [5, 5.41) is 12.9. The number of rotatable bonds is 4. The molecule has 0 unspecified atom stereocenters. The molecule has 2 aromatic rings. The normalized spacial score (nSPS) is 16.1. The summed E-state index contributed by atoms with van der Waals surface area (Å²) in [6.45, 7) is 2.23. The number of nitrogens with zero attached hydrogens (tertiary/aromatic N) is 2. The van der Waals surface area contributed by atoms with Crippen LogP contribution in [0.25, 0.3) is 0 Å². The van der Waals surface area contributed by atoms with E-state index >= 15 is 0 Å². The van der Waals surface area contributed by atoms with Crippen LogP contribution in [0.4, 0.5) is 5.69 Å². The number of carbonyl (C=O) groups is 1. The summed E-state index contributed by atoms with van der Waals surface area (Å²) in [6.07, 6.45) is 3.06. The van der Waals surface area contributed by atoms with Gasteiger partial charge in [-0.25, -0.2) is 4.98 Å². The number of fused-ring (bicyclic) bond motifs is 1. The number of nitriles is 1. The van der Waals surface area contributed by atoms with Gasteiger partial charge in [-0.1, -0.05) is 36.9 Å². The van der Waals surface area contributed by atoms with Gasteiger partial charge in [0.2, 0.25) is 5.91 Å². The van der Waals surface area contributed by atoms with Crippen LogP contribution in [-0.4, -0.2) is 16.6 Å². The zero-order valence-corrected chi connectivity index (χ0v) is 14.4. The van der Waals surface area contributed by atoms with E-state index in [1.165, 1.54) is 17.3 Å². The minimum Gasteiger partial charge on any atom is -0.325 e. The minimum absolute atomic E-state index is 0.0942. The molecule has 1 aliphatic rings. The Hall–Kier alpha value is -2.32. The number of aromatic nitrogens is 1. The number of pyridine rings is 1. The van der Waals surface area contributed by atoms with E-state index < -0.39 is 0 Å². The van der Waals surface area contributed by atoms with Crippen molar-refractivity contribution in [1.82, 2.24) is 4.98 Å². The Kier molecular flexibility index (Phi) is 5.17. The third-order valence-electron chi connectivity index (χ3n) is 4.12. The van der Waals surface area contributed by atoms with Crippen molar-refractivity contribution in [3.05, 3.63) is 53.2 Å². The highest BCUT2D eigenvalue weighted by atomic mass is 32.2. The molecule has 0 saturated heterocycles. The lowest BCUT2D eigenvalue weighted by Gasteiger charge is -2.21. The second-order valence-electron chi connectivity index (χ2n) is 6.11.